The quantitative estimate of drug-likeness (QED) is 0.287. The maximum atomic E-state index is 11.3. The van der Waals surface area contributed by atoms with Gasteiger partial charge >= 0.3 is 0 Å². The first-order valence-electron chi connectivity index (χ1n) is 7.22. The van der Waals surface area contributed by atoms with E-state index in [1.54, 1.807) is 14.0 Å². The zero-order valence-corrected chi connectivity index (χ0v) is 16.6. The summed E-state index contributed by atoms with van der Waals surface area (Å²) in [4.78, 5) is 6.55. The Kier molecular flexibility index (Phi) is 9.10. The third-order valence-corrected chi connectivity index (χ3v) is 4.93. The van der Waals surface area contributed by atoms with E-state index in [4.69, 9.17) is 0 Å². The van der Waals surface area contributed by atoms with Crippen molar-refractivity contribution in [3.63, 3.8) is 0 Å². The van der Waals surface area contributed by atoms with Crippen molar-refractivity contribution in [2.45, 2.75) is 33.6 Å². The zero-order chi connectivity index (χ0) is 15.2. The summed E-state index contributed by atoms with van der Waals surface area (Å²) in [5, 5.41) is 3.29. The Morgan fingerprint density at radius 2 is 2.00 bits per heavy atom. The molecule has 0 aromatic rings. The molecule has 6 nitrogen and oxygen atoms in total. The van der Waals surface area contributed by atoms with Crippen LogP contribution in [0.3, 0.4) is 0 Å². The van der Waals surface area contributed by atoms with Gasteiger partial charge in [-0.05, 0) is 25.2 Å². The second-order valence-electron chi connectivity index (χ2n) is 5.96. The van der Waals surface area contributed by atoms with Gasteiger partial charge in [-0.2, -0.15) is 0 Å². The predicted molar refractivity (Wildman–Crippen MR) is 98.8 cm³/mol. The van der Waals surface area contributed by atoms with Crippen molar-refractivity contribution in [3.05, 3.63) is 0 Å². The van der Waals surface area contributed by atoms with E-state index in [1.807, 2.05) is 0 Å². The monoisotopic (exact) mass is 432 g/mol. The molecular weight excluding hydrogens is 403 g/mol. The number of hydrogen-bond acceptors (Lipinski definition) is 3. The number of nitrogens with zero attached hydrogens (tertiary/aromatic N) is 2. The van der Waals surface area contributed by atoms with Crippen molar-refractivity contribution in [1.29, 1.82) is 0 Å². The Balaban J connectivity index is 0.00000400. The zero-order valence-electron chi connectivity index (χ0n) is 13.5. The summed E-state index contributed by atoms with van der Waals surface area (Å²) in [6, 6.07) is 0. The molecule has 0 bridgehead atoms. The molecule has 0 aromatic heterocycles. The molecule has 1 fully saturated rings. The summed E-state index contributed by atoms with van der Waals surface area (Å²) < 4.78 is 25.1. The Morgan fingerprint density at radius 1 is 1.33 bits per heavy atom. The molecule has 0 aromatic carbocycles. The molecule has 0 unspecified atom stereocenters. The van der Waals surface area contributed by atoms with Crippen LogP contribution in [0.4, 0.5) is 0 Å². The molecule has 0 saturated carbocycles. The maximum absolute atomic E-state index is 11.3. The van der Waals surface area contributed by atoms with Crippen LogP contribution < -0.4 is 10.0 Å². The lowest BCUT2D eigenvalue weighted by molar-refractivity contribution is 0.370. The number of halogens is 1. The maximum Gasteiger partial charge on any atom is 0.211 e. The summed E-state index contributed by atoms with van der Waals surface area (Å²) in [7, 11) is -1.29. The molecule has 1 saturated heterocycles. The number of rotatable bonds is 6. The highest BCUT2D eigenvalue weighted by Crippen LogP contribution is 2.28. The molecule has 126 valence electrons. The van der Waals surface area contributed by atoms with Gasteiger partial charge in [-0.1, -0.05) is 13.8 Å². The molecule has 0 amide bonds. The normalized spacial score (nSPS) is 18.5. The second-order valence-corrected chi connectivity index (χ2v) is 8.06. The van der Waals surface area contributed by atoms with Gasteiger partial charge in [0.05, 0.1) is 5.75 Å². The van der Waals surface area contributed by atoms with Crippen LogP contribution in [0.25, 0.3) is 0 Å². The van der Waals surface area contributed by atoms with E-state index in [2.05, 4.69) is 33.8 Å². The molecule has 0 radical (unpaired) electrons. The van der Waals surface area contributed by atoms with E-state index in [9.17, 15) is 8.42 Å². The van der Waals surface area contributed by atoms with Crippen LogP contribution in [0.1, 0.15) is 33.6 Å². The molecule has 0 spiro atoms. The van der Waals surface area contributed by atoms with Crippen LogP contribution in [-0.2, 0) is 10.0 Å². The smallest absolute Gasteiger partial charge is 0.211 e. The van der Waals surface area contributed by atoms with Crippen LogP contribution in [0.15, 0.2) is 4.99 Å². The number of sulfonamides is 1. The van der Waals surface area contributed by atoms with Crippen molar-refractivity contribution in [2.75, 3.05) is 39.0 Å². The highest BCUT2D eigenvalue weighted by Gasteiger charge is 2.30. The highest BCUT2D eigenvalue weighted by atomic mass is 127. The Hall–Kier alpha value is -0.0900. The Morgan fingerprint density at radius 3 is 2.48 bits per heavy atom. The SMILES string of the molecule is CCS(=O)(=O)NCCCNC(=NC)N1CCC(C)(C)C1.I. The molecule has 8 heteroatoms. The lowest BCUT2D eigenvalue weighted by atomic mass is 9.93. The highest BCUT2D eigenvalue weighted by molar-refractivity contribution is 14.0. The Bertz CT molecular complexity index is 437. The standard InChI is InChI=1S/C13H28N4O2S.HI/c1-5-20(18,19)16-9-6-8-15-12(14-4)17-10-7-13(2,3)11-17;/h16H,5-11H2,1-4H3,(H,14,15);1H. The number of likely N-dealkylation sites (tertiary alicyclic amines) is 1. The van der Waals surface area contributed by atoms with Crippen LogP contribution in [-0.4, -0.2) is 58.3 Å². The average molecular weight is 432 g/mol. The molecule has 2 N–H and O–H groups in total. The van der Waals surface area contributed by atoms with E-state index in [1.165, 1.54) is 6.42 Å². The fraction of sp³-hybridized carbons (Fsp3) is 0.923. The van der Waals surface area contributed by atoms with Gasteiger partial charge in [0.25, 0.3) is 0 Å². The Labute approximate surface area is 146 Å². The molecule has 21 heavy (non-hydrogen) atoms. The molecule has 1 rings (SSSR count). The first kappa shape index (κ1) is 20.9. The van der Waals surface area contributed by atoms with Crippen molar-refractivity contribution in [2.24, 2.45) is 10.4 Å². The molecule has 1 aliphatic heterocycles. The van der Waals surface area contributed by atoms with E-state index in [-0.39, 0.29) is 29.7 Å². The minimum absolute atomic E-state index is 0. The van der Waals surface area contributed by atoms with Gasteiger partial charge in [-0.15, -0.1) is 24.0 Å². The van der Waals surface area contributed by atoms with Crippen LogP contribution in [0, 0.1) is 5.41 Å². The molecule has 1 heterocycles. The van der Waals surface area contributed by atoms with Crippen molar-refractivity contribution < 1.29 is 8.42 Å². The lowest BCUT2D eigenvalue weighted by Gasteiger charge is -2.23. The van der Waals surface area contributed by atoms with Crippen molar-refractivity contribution >= 4 is 40.0 Å². The van der Waals surface area contributed by atoms with Gasteiger partial charge in [-0.3, -0.25) is 4.99 Å². The first-order valence-corrected chi connectivity index (χ1v) is 8.88. The topological polar surface area (TPSA) is 73.8 Å². The summed E-state index contributed by atoms with van der Waals surface area (Å²) in [6.07, 6.45) is 1.92. The van der Waals surface area contributed by atoms with Gasteiger partial charge in [0.1, 0.15) is 0 Å². The summed E-state index contributed by atoms with van der Waals surface area (Å²) in [6.45, 7) is 9.38. The van der Waals surface area contributed by atoms with Crippen molar-refractivity contribution in [3.8, 4) is 0 Å². The predicted octanol–water partition coefficient (Wildman–Crippen LogP) is 1.24. The fourth-order valence-corrected chi connectivity index (χ4v) is 2.90. The van der Waals surface area contributed by atoms with Gasteiger partial charge < -0.3 is 10.2 Å². The van der Waals surface area contributed by atoms with E-state index < -0.39 is 10.0 Å². The largest absolute Gasteiger partial charge is 0.356 e. The van der Waals surface area contributed by atoms with E-state index >= 15 is 0 Å². The number of nitrogens with one attached hydrogen (secondary N) is 2. The number of aliphatic imine (C=N–C) groups is 1. The number of guanidine groups is 1. The summed E-state index contributed by atoms with van der Waals surface area (Å²) >= 11 is 0. The fourth-order valence-electron chi connectivity index (χ4n) is 2.24. The summed E-state index contributed by atoms with van der Waals surface area (Å²) in [5.74, 6) is 1.04. The lowest BCUT2D eigenvalue weighted by Crippen LogP contribution is -2.41. The minimum Gasteiger partial charge on any atom is -0.356 e. The number of hydrogen-bond donors (Lipinski definition) is 2. The van der Waals surface area contributed by atoms with Gasteiger partial charge in [0.2, 0.25) is 10.0 Å². The third-order valence-electron chi connectivity index (χ3n) is 3.53. The van der Waals surface area contributed by atoms with E-state index in [0.717, 1.165) is 32.0 Å². The van der Waals surface area contributed by atoms with Gasteiger partial charge in [0, 0.05) is 33.2 Å². The van der Waals surface area contributed by atoms with E-state index in [0.29, 0.717) is 12.0 Å². The molecule has 1 aliphatic rings. The molecule has 0 aliphatic carbocycles. The first-order chi connectivity index (χ1) is 9.29. The second kappa shape index (κ2) is 9.14. The van der Waals surface area contributed by atoms with Crippen LogP contribution >= 0.6 is 24.0 Å². The van der Waals surface area contributed by atoms with Gasteiger partial charge in [-0.25, -0.2) is 13.1 Å². The summed E-state index contributed by atoms with van der Waals surface area (Å²) in [5.41, 5.74) is 0.342. The third kappa shape index (κ3) is 7.64. The average Bonchev–Trinajstić information content (AvgIpc) is 2.74. The van der Waals surface area contributed by atoms with Crippen molar-refractivity contribution in [1.82, 2.24) is 14.9 Å². The van der Waals surface area contributed by atoms with Crippen LogP contribution in [0.2, 0.25) is 0 Å². The van der Waals surface area contributed by atoms with Gasteiger partial charge in [0.15, 0.2) is 5.96 Å². The molecular formula is C13H29IN4O2S. The van der Waals surface area contributed by atoms with Crippen LogP contribution in [0.5, 0.6) is 0 Å². The minimum atomic E-state index is -3.08. The molecule has 0 atom stereocenters.